The topological polar surface area (TPSA) is 114 Å². The Morgan fingerprint density at radius 1 is 0.862 bits per heavy atom. The number of hydrogen-bond donors (Lipinski definition) is 3. The van der Waals surface area contributed by atoms with Gasteiger partial charge in [0.15, 0.2) is 6.61 Å². The maximum absolute atomic E-state index is 11.8. The summed E-state index contributed by atoms with van der Waals surface area (Å²) in [6, 6.07) is 17.6. The van der Waals surface area contributed by atoms with Crippen molar-refractivity contribution in [3.63, 3.8) is 0 Å². The van der Waals surface area contributed by atoms with Crippen molar-refractivity contribution in [1.29, 1.82) is 0 Å². The van der Waals surface area contributed by atoms with Gasteiger partial charge in [-0.15, -0.1) is 0 Å². The van der Waals surface area contributed by atoms with Gasteiger partial charge in [0.05, 0.1) is 6.42 Å². The van der Waals surface area contributed by atoms with Gasteiger partial charge >= 0.3 is 5.97 Å². The second kappa shape index (κ2) is 11.7. The van der Waals surface area contributed by atoms with Crippen LogP contribution in [0.5, 0.6) is 0 Å². The molecule has 3 amide bonds. The monoisotopic (exact) mass is 395 g/mol. The molecule has 8 heteroatoms. The number of amides is 3. The fraction of sp³-hybridized carbons (Fsp3) is 0.143. The van der Waals surface area contributed by atoms with Crippen molar-refractivity contribution < 1.29 is 23.9 Å². The van der Waals surface area contributed by atoms with Crippen LogP contribution >= 0.6 is 0 Å². The Morgan fingerprint density at radius 2 is 1.52 bits per heavy atom. The molecule has 2 rings (SSSR count). The highest BCUT2D eigenvalue weighted by Crippen LogP contribution is 2.00. The second-order valence-corrected chi connectivity index (χ2v) is 5.81. The second-order valence-electron chi connectivity index (χ2n) is 5.81. The lowest BCUT2D eigenvalue weighted by atomic mass is 10.2. The minimum absolute atomic E-state index is 0.0726. The molecule has 0 heterocycles. The van der Waals surface area contributed by atoms with Gasteiger partial charge < -0.3 is 10.1 Å². The largest absolute Gasteiger partial charge is 0.455 e. The fourth-order valence-corrected chi connectivity index (χ4v) is 2.13. The van der Waals surface area contributed by atoms with Crippen LogP contribution in [-0.2, 0) is 19.1 Å². The summed E-state index contributed by atoms with van der Waals surface area (Å²) in [6.45, 7) is -0.473. The maximum atomic E-state index is 11.8. The van der Waals surface area contributed by atoms with E-state index in [-0.39, 0.29) is 18.9 Å². The van der Waals surface area contributed by atoms with Crippen molar-refractivity contribution in [3.05, 3.63) is 77.9 Å². The quantitative estimate of drug-likeness (QED) is 0.353. The molecule has 8 nitrogen and oxygen atoms in total. The van der Waals surface area contributed by atoms with Crippen LogP contribution < -0.4 is 16.2 Å². The van der Waals surface area contributed by atoms with Crippen LogP contribution in [0.3, 0.4) is 0 Å². The molecule has 29 heavy (non-hydrogen) atoms. The van der Waals surface area contributed by atoms with E-state index in [9.17, 15) is 19.2 Å². The number of carbonyl (C=O) groups is 4. The summed E-state index contributed by atoms with van der Waals surface area (Å²) in [7, 11) is 0. The molecular weight excluding hydrogens is 374 g/mol. The van der Waals surface area contributed by atoms with Crippen molar-refractivity contribution in [3.8, 4) is 0 Å². The van der Waals surface area contributed by atoms with Gasteiger partial charge in [0, 0.05) is 18.2 Å². The minimum atomic E-state index is -0.683. The highest BCUT2D eigenvalue weighted by atomic mass is 16.5. The minimum Gasteiger partial charge on any atom is -0.455 e. The van der Waals surface area contributed by atoms with E-state index in [0.29, 0.717) is 5.56 Å². The Kier molecular flexibility index (Phi) is 8.62. The highest BCUT2D eigenvalue weighted by Gasteiger charge is 2.10. The third-order valence-corrected chi connectivity index (χ3v) is 3.57. The van der Waals surface area contributed by atoms with Crippen LogP contribution in [0, 0.1) is 0 Å². The predicted molar refractivity (Wildman–Crippen MR) is 106 cm³/mol. The van der Waals surface area contributed by atoms with Crippen LogP contribution in [0.4, 0.5) is 0 Å². The third kappa shape index (κ3) is 8.53. The van der Waals surface area contributed by atoms with E-state index < -0.39 is 24.4 Å². The standard InChI is InChI=1S/C21H21N3O5/c25-18(12-11-16-7-3-1-4-8-16)22-14-13-20(27)29-15-19(26)23-24-21(28)17-9-5-2-6-10-17/h1-12H,13-15H2,(H,22,25)(H,23,26)(H,24,28)/b12-11+. The third-order valence-electron chi connectivity index (χ3n) is 3.57. The van der Waals surface area contributed by atoms with Crippen LogP contribution in [0.2, 0.25) is 0 Å². The average Bonchev–Trinajstić information content (AvgIpc) is 2.76. The number of carbonyl (C=O) groups excluding carboxylic acids is 4. The molecule has 0 aliphatic rings. The molecule has 0 unspecified atom stereocenters. The summed E-state index contributed by atoms with van der Waals surface area (Å²) in [5, 5.41) is 2.55. The van der Waals surface area contributed by atoms with E-state index in [1.165, 1.54) is 6.08 Å². The molecule has 0 aliphatic heterocycles. The van der Waals surface area contributed by atoms with Gasteiger partial charge in [0.25, 0.3) is 11.8 Å². The van der Waals surface area contributed by atoms with Gasteiger partial charge in [-0.1, -0.05) is 48.5 Å². The highest BCUT2D eigenvalue weighted by molar-refractivity contribution is 5.95. The number of ether oxygens (including phenoxy) is 1. The van der Waals surface area contributed by atoms with Crippen molar-refractivity contribution in [2.45, 2.75) is 6.42 Å². The SMILES string of the molecule is O=C(/C=C/c1ccccc1)NCCC(=O)OCC(=O)NNC(=O)c1ccccc1. The molecule has 0 spiro atoms. The van der Waals surface area contributed by atoms with E-state index >= 15 is 0 Å². The van der Waals surface area contributed by atoms with E-state index in [4.69, 9.17) is 4.74 Å². The summed E-state index contributed by atoms with van der Waals surface area (Å²) in [5.74, 6) is -2.17. The maximum Gasteiger partial charge on any atom is 0.308 e. The zero-order valence-electron chi connectivity index (χ0n) is 15.6. The molecule has 0 bridgehead atoms. The first-order valence-electron chi connectivity index (χ1n) is 8.85. The van der Waals surface area contributed by atoms with Gasteiger partial charge in [0.2, 0.25) is 5.91 Å². The van der Waals surface area contributed by atoms with Crippen LogP contribution in [0.1, 0.15) is 22.3 Å². The Hall–Kier alpha value is -3.94. The molecule has 0 radical (unpaired) electrons. The van der Waals surface area contributed by atoms with E-state index in [1.807, 2.05) is 30.3 Å². The van der Waals surface area contributed by atoms with Crippen LogP contribution in [0.25, 0.3) is 6.08 Å². The smallest absolute Gasteiger partial charge is 0.308 e. The Balaban J connectivity index is 1.58. The number of rotatable bonds is 8. The fourth-order valence-electron chi connectivity index (χ4n) is 2.13. The molecule has 2 aromatic rings. The zero-order chi connectivity index (χ0) is 20.9. The Morgan fingerprint density at radius 3 is 2.21 bits per heavy atom. The molecule has 0 aliphatic carbocycles. The van der Waals surface area contributed by atoms with Crippen LogP contribution in [-0.4, -0.2) is 36.8 Å². The molecule has 150 valence electrons. The molecule has 2 aromatic carbocycles. The Labute approximate surface area is 167 Å². The molecular formula is C21H21N3O5. The molecule has 0 atom stereocenters. The number of hydrogen-bond acceptors (Lipinski definition) is 5. The van der Waals surface area contributed by atoms with E-state index in [0.717, 1.165) is 5.56 Å². The van der Waals surface area contributed by atoms with Gasteiger partial charge in [-0.05, 0) is 23.8 Å². The van der Waals surface area contributed by atoms with Crippen molar-refractivity contribution in [2.75, 3.05) is 13.2 Å². The first-order valence-corrected chi connectivity index (χ1v) is 8.85. The average molecular weight is 395 g/mol. The summed E-state index contributed by atoms with van der Waals surface area (Å²) < 4.78 is 4.78. The first kappa shape index (κ1) is 21.4. The molecule has 0 saturated carbocycles. The van der Waals surface area contributed by atoms with Gasteiger partial charge in [0.1, 0.15) is 0 Å². The molecule has 0 saturated heterocycles. The van der Waals surface area contributed by atoms with Gasteiger partial charge in [-0.2, -0.15) is 0 Å². The van der Waals surface area contributed by atoms with Gasteiger partial charge in [-0.3, -0.25) is 30.0 Å². The lowest BCUT2D eigenvalue weighted by Gasteiger charge is -2.08. The van der Waals surface area contributed by atoms with Gasteiger partial charge in [-0.25, -0.2) is 0 Å². The zero-order valence-corrected chi connectivity index (χ0v) is 15.6. The van der Waals surface area contributed by atoms with Crippen molar-refractivity contribution >= 4 is 29.8 Å². The number of benzene rings is 2. The summed E-state index contributed by atoms with van der Waals surface area (Å²) in [4.78, 5) is 46.6. The Bertz CT molecular complexity index is 866. The lowest BCUT2D eigenvalue weighted by molar-refractivity contribution is -0.148. The first-order chi connectivity index (χ1) is 14.0. The summed E-state index contributed by atoms with van der Waals surface area (Å²) in [5.41, 5.74) is 5.62. The summed E-state index contributed by atoms with van der Waals surface area (Å²) >= 11 is 0. The normalized spacial score (nSPS) is 10.2. The molecule has 3 N–H and O–H groups in total. The number of esters is 1. The molecule has 0 aromatic heterocycles. The van der Waals surface area contributed by atoms with E-state index in [2.05, 4.69) is 16.2 Å². The summed E-state index contributed by atoms with van der Waals surface area (Å²) in [6.07, 6.45) is 2.93. The number of nitrogens with one attached hydrogen (secondary N) is 3. The predicted octanol–water partition coefficient (Wildman–Crippen LogP) is 1.21. The lowest BCUT2D eigenvalue weighted by Crippen LogP contribution is -2.43. The molecule has 0 fully saturated rings. The van der Waals surface area contributed by atoms with Crippen molar-refractivity contribution in [1.82, 2.24) is 16.2 Å². The van der Waals surface area contributed by atoms with E-state index in [1.54, 1.807) is 36.4 Å². The van der Waals surface area contributed by atoms with Crippen molar-refractivity contribution in [2.24, 2.45) is 0 Å². The van der Waals surface area contributed by atoms with Crippen LogP contribution in [0.15, 0.2) is 66.7 Å². The number of hydrazine groups is 1.